The van der Waals surface area contributed by atoms with Gasteiger partial charge >= 0.3 is 0 Å². The Hall–Kier alpha value is -4.31. The second-order valence-corrected chi connectivity index (χ2v) is 9.26. The SMILES string of the molecule is Cc1cccc(C)c1-c1ccnc(-c2cccc3c2Oc2cccc4c2B3c2ccccc2O4)c1. The van der Waals surface area contributed by atoms with E-state index in [0.29, 0.717) is 0 Å². The van der Waals surface area contributed by atoms with Crippen LogP contribution in [0.15, 0.2) is 97.2 Å². The summed E-state index contributed by atoms with van der Waals surface area (Å²) < 4.78 is 12.8. The summed E-state index contributed by atoms with van der Waals surface area (Å²) in [6, 6.07) is 31.4. The van der Waals surface area contributed by atoms with Gasteiger partial charge in [-0.25, -0.2) is 0 Å². The van der Waals surface area contributed by atoms with Crippen molar-refractivity contribution in [3.05, 3.63) is 108 Å². The first-order valence-electron chi connectivity index (χ1n) is 11.9. The van der Waals surface area contributed by atoms with Gasteiger partial charge in [-0.1, -0.05) is 54.6 Å². The molecule has 0 radical (unpaired) electrons. The highest BCUT2D eigenvalue weighted by molar-refractivity contribution is 6.98. The van der Waals surface area contributed by atoms with Crippen LogP contribution < -0.4 is 25.9 Å². The number of para-hydroxylation sites is 2. The minimum atomic E-state index is 0.0524. The zero-order valence-corrected chi connectivity index (χ0v) is 19.6. The molecular weight excluding hydrogens is 429 g/mol. The monoisotopic (exact) mass is 451 g/mol. The van der Waals surface area contributed by atoms with Crippen molar-refractivity contribution in [3.63, 3.8) is 0 Å². The van der Waals surface area contributed by atoms with Crippen LogP contribution in [-0.2, 0) is 0 Å². The van der Waals surface area contributed by atoms with Crippen molar-refractivity contribution in [2.24, 2.45) is 0 Å². The van der Waals surface area contributed by atoms with E-state index in [1.807, 2.05) is 36.5 Å². The summed E-state index contributed by atoms with van der Waals surface area (Å²) in [4.78, 5) is 4.78. The Kier molecular flexibility index (Phi) is 4.37. The molecule has 0 bridgehead atoms. The minimum absolute atomic E-state index is 0.0524. The fourth-order valence-electron chi connectivity index (χ4n) is 5.61. The molecule has 2 aliphatic rings. The van der Waals surface area contributed by atoms with Crippen molar-refractivity contribution < 1.29 is 9.47 Å². The number of ether oxygens (including phenoxy) is 2. The largest absolute Gasteiger partial charge is 0.458 e. The predicted octanol–water partition coefficient (Wildman–Crippen LogP) is 5.76. The molecule has 0 N–H and O–H groups in total. The molecule has 35 heavy (non-hydrogen) atoms. The second kappa shape index (κ2) is 7.61. The van der Waals surface area contributed by atoms with Gasteiger partial charge in [-0.3, -0.25) is 4.98 Å². The van der Waals surface area contributed by atoms with Crippen LogP contribution in [0.25, 0.3) is 22.4 Å². The van der Waals surface area contributed by atoms with Crippen LogP contribution in [0.4, 0.5) is 0 Å². The molecule has 2 aliphatic heterocycles. The van der Waals surface area contributed by atoms with Gasteiger partial charge in [-0.15, -0.1) is 0 Å². The van der Waals surface area contributed by atoms with E-state index >= 15 is 0 Å². The molecule has 7 rings (SSSR count). The van der Waals surface area contributed by atoms with E-state index in [9.17, 15) is 0 Å². The number of rotatable bonds is 2. The van der Waals surface area contributed by atoms with Crippen LogP contribution in [0.3, 0.4) is 0 Å². The summed E-state index contributed by atoms with van der Waals surface area (Å²) in [7, 11) is 0. The van der Waals surface area contributed by atoms with Gasteiger partial charge in [0.05, 0.1) is 5.69 Å². The molecule has 0 fully saturated rings. The number of hydrogen-bond acceptors (Lipinski definition) is 3. The van der Waals surface area contributed by atoms with Gasteiger partial charge in [-0.2, -0.15) is 0 Å². The van der Waals surface area contributed by atoms with Gasteiger partial charge in [0.15, 0.2) is 0 Å². The Morgan fingerprint density at radius 2 is 1.34 bits per heavy atom. The highest BCUT2D eigenvalue weighted by Crippen LogP contribution is 2.39. The van der Waals surface area contributed by atoms with Gasteiger partial charge in [0.1, 0.15) is 23.0 Å². The fourth-order valence-corrected chi connectivity index (χ4v) is 5.61. The smallest absolute Gasteiger partial charge is 0.260 e. The highest BCUT2D eigenvalue weighted by atomic mass is 16.5. The average molecular weight is 451 g/mol. The number of pyridine rings is 1. The van der Waals surface area contributed by atoms with Gasteiger partial charge in [0.25, 0.3) is 6.71 Å². The van der Waals surface area contributed by atoms with E-state index in [0.717, 1.165) is 56.2 Å². The Bertz CT molecular complexity index is 1620. The molecule has 0 unspecified atom stereocenters. The van der Waals surface area contributed by atoms with E-state index in [1.165, 1.54) is 16.7 Å². The molecule has 4 heteroatoms. The third kappa shape index (κ3) is 3.03. The number of nitrogens with zero attached hydrogens (tertiary/aromatic N) is 1. The molecule has 5 aromatic rings. The molecule has 0 spiro atoms. The van der Waals surface area contributed by atoms with Gasteiger partial charge in [0.2, 0.25) is 0 Å². The first-order chi connectivity index (χ1) is 17.2. The molecule has 0 atom stereocenters. The van der Waals surface area contributed by atoms with Crippen LogP contribution in [0.1, 0.15) is 11.1 Å². The molecule has 166 valence electrons. The standard InChI is InChI=1S/C31H22BNO2/c1-19-8-5-9-20(2)29(19)21-16-17-33-25(18-21)22-10-6-12-24-31(22)35-28-15-7-14-27-30(28)32(24)23-11-3-4-13-26(23)34-27/h3-18H,1-2H3. The van der Waals surface area contributed by atoms with Crippen molar-refractivity contribution in [2.45, 2.75) is 13.8 Å². The van der Waals surface area contributed by atoms with E-state index in [4.69, 9.17) is 14.5 Å². The fraction of sp³-hybridized carbons (Fsp3) is 0.0645. The van der Waals surface area contributed by atoms with Crippen molar-refractivity contribution in [1.29, 1.82) is 0 Å². The molecule has 3 heterocycles. The lowest BCUT2D eigenvalue weighted by atomic mass is 9.34. The number of fused-ring (bicyclic) bond motifs is 4. The van der Waals surface area contributed by atoms with Gasteiger partial charge in [-0.05, 0) is 83.4 Å². The molecule has 0 saturated heterocycles. The summed E-state index contributed by atoms with van der Waals surface area (Å²) >= 11 is 0. The molecule has 3 nitrogen and oxygen atoms in total. The molecule has 0 amide bonds. The Balaban J connectivity index is 1.43. The van der Waals surface area contributed by atoms with Crippen LogP contribution >= 0.6 is 0 Å². The zero-order chi connectivity index (χ0) is 23.5. The van der Waals surface area contributed by atoms with Crippen LogP contribution in [-0.4, -0.2) is 11.7 Å². The third-order valence-electron chi connectivity index (χ3n) is 7.14. The highest BCUT2D eigenvalue weighted by Gasteiger charge is 2.40. The maximum Gasteiger partial charge on any atom is 0.260 e. The second-order valence-electron chi connectivity index (χ2n) is 9.26. The number of benzene rings is 4. The summed E-state index contributed by atoms with van der Waals surface area (Å²) in [5, 5.41) is 0. The molecular formula is C31H22BNO2. The molecule has 0 saturated carbocycles. The average Bonchev–Trinajstić information content (AvgIpc) is 2.88. The summed E-state index contributed by atoms with van der Waals surface area (Å²) in [6.45, 7) is 4.37. The lowest BCUT2D eigenvalue weighted by Crippen LogP contribution is -2.57. The lowest BCUT2D eigenvalue weighted by molar-refractivity contribution is 0.465. The normalized spacial score (nSPS) is 12.7. The van der Waals surface area contributed by atoms with Crippen molar-refractivity contribution in [2.75, 3.05) is 0 Å². The Morgan fingerprint density at radius 1 is 0.657 bits per heavy atom. The number of hydrogen-bond donors (Lipinski definition) is 0. The third-order valence-corrected chi connectivity index (χ3v) is 7.14. The Labute approximate surface area is 205 Å². The topological polar surface area (TPSA) is 31.4 Å². The predicted molar refractivity (Wildman–Crippen MR) is 142 cm³/mol. The maximum atomic E-state index is 6.60. The van der Waals surface area contributed by atoms with Gasteiger partial charge in [0, 0.05) is 17.2 Å². The van der Waals surface area contributed by atoms with E-state index in [2.05, 4.69) is 74.5 Å². The van der Waals surface area contributed by atoms with Crippen molar-refractivity contribution >= 4 is 23.1 Å². The number of aromatic nitrogens is 1. The molecule has 0 aliphatic carbocycles. The van der Waals surface area contributed by atoms with Crippen LogP contribution in [0.5, 0.6) is 23.0 Å². The van der Waals surface area contributed by atoms with Crippen molar-refractivity contribution in [3.8, 4) is 45.4 Å². The maximum absolute atomic E-state index is 6.60. The summed E-state index contributed by atoms with van der Waals surface area (Å²) in [5.41, 5.74) is 10.2. The van der Waals surface area contributed by atoms with E-state index in [-0.39, 0.29) is 6.71 Å². The first-order valence-corrected chi connectivity index (χ1v) is 11.9. The van der Waals surface area contributed by atoms with Crippen LogP contribution in [0.2, 0.25) is 0 Å². The zero-order valence-electron chi connectivity index (χ0n) is 19.6. The molecule has 1 aromatic heterocycles. The Morgan fingerprint density at radius 3 is 2.20 bits per heavy atom. The van der Waals surface area contributed by atoms with Crippen molar-refractivity contribution in [1.82, 2.24) is 4.98 Å². The molecule has 4 aromatic carbocycles. The minimum Gasteiger partial charge on any atom is -0.458 e. The summed E-state index contributed by atoms with van der Waals surface area (Å²) in [6.07, 6.45) is 1.90. The van der Waals surface area contributed by atoms with Crippen LogP contribution in [0, 0.1) is 13.8 Å². The first kappa shape index (κ1) is 20.1. The van der Waals surface area contributed by atoms with Gasteiger partial charge < -0.3 is 9.47 Å². The summed E-state index contributed by atoms with van der Waals surface area (Å²) in [5.74, 6) is 3.46. The lowest BCUT2D eigenvalue weighted by Gasteiger charge is -2.33. The number of aryl methyl sites for hydroxylation is 2. The quantitative estimate of drug-likeness (QED) is 0.313. The van der Waals surface area contributed by atoms with E-state index in [1.54, 1.807) is 0 Å². The van der Waals surface area contributed by atoms with E-state index < -0.39 is 0 Å².